The Morgan fingerprint density at radius 2 is 2.00 bits per heavy atom. The number of fused-ring (bicyclic) bond motifs is 2. The highest BCUT2D eigenvalue weighted by molar-refractivity contribution is 9.11. The van der Waals surface area contributed by atoms with Crippen LogP contribution in [0.4, 0.5) is 0 Å². The summed E-state index contributed by atoms with van der Waals surface area (Å²) in [5, 5.41) is 0.416. The molecule has 4 aromatic rings. The van der Waals surface area contributed by atoms with Gasteiger partial charge < -0.3 is 4.57 Å². The van der Waals surface area contributed by atoms with Crippen molar-refractivity contribution in [1.29, 1.82) is 0 Å². The Labute approximate surface area is 183 Å². The van der Waals surface area contributed by atoms with Crippen LogP contribution in [-0.2, 0) is 17.8 Å². The lowest BCUT2D eigenvalue weighted by Gasteiger charge is -2.15. The molecule has 4 rings (SSSR count). The Morgan fingerprint density at radius 1 is 1.21 bits per heavy atom. The summed E-state index contributed by atoms with van der Waals surface area (Å²) in [6, 6.07) is 11.1. The Hall–Kier alpha value is -2.52. The quantitative estimate of drug-likeness (QED) is 0.433. The molecule has 0 fully saturated rings. The zero-order chi connectivity index (χ0) is 20.5. The van der Waals surface area contributed by atoms with Gasteiger partial charge in [0.1, 0.15) is 12.4 Å². The van der Waals surface area contributed by atoms with Gasteiger partial charge in [0, 0.05) is 15.4 Å². The van der Waals surface area contributed by atoms with Crippen LogP contribution in [0.1, 0.15) is 19.2 Å². The molecule has 29 heavy (non-hydrogen) atoms. The number of rotatable bonds is 5. The smallest absolute Gasteiger partial charge is 0.280 e. The summed E-state index contributed by atoms with van der Waals surface area (Å²) in [7, 11) is 0. The summed E-state index contributed by atoms with van der Waals surface area (Å²) in [5.41, 5.74) is 4.65. The third-order valence-corrected chi connectivity index (χ3v) is 5.57. The van der Waals surface area contributed by atoms with Crippen molar-refractivity contribution in [3.63, 3.8) is 0 Å². The van der Waals surface area contributed by atoms with E-state index in [9.17, 15) is 9.59 Å². The van der Waals surface area contributed by atoms with E-state index in [0.29, 0.717) is 23.1 Å². The van der Waals surface area contributed by atoms with Crippen molar-refractivity contribution in [2.75, 3.05) is 5.43 Å². The van der Waals surface area contributed by atoms with E-state index in [1.54, 1.807) is 17.0 Å². The number of aromatic nitrogens is 4. The monoisotopic (exact) mass is 517 g/mol. The number of para-hydroxylation sites is 2. The van der Waals surface area contributed by atoms with E-state index in [2.05, 4.69) is 47.3 Å². The second kappa shape index (κ2) is 8.08. The number of amides is 1. The second-order valence-electron chi connectivity index (χ2n) is 6.60. The second-order valence-corrected chi connectivity index (χ2v) is 8.37. The molecule has 0 aliphatic rings. The van der Waals surface area contributed by atoms with Crippen molar-refractivity contribution in [2.24, 2.45) is 0 Å². The molecule has 0 bridgehead atoms. The van der Waals surface area contributed by atoms with Gasteiger partial charge in [0.25, 0.3) is 11.5 Å². The molecule has 148 valence electrons. The summed E-state index contributed by atoms with van der Waals surface area (Å²) in [4.78, 5) is 34.8. The highest BCUT2D eigenvalue weighted by atomic mass is 79.9. The lowest BCUT2D eigenvalue weighted by atomic mass is 10.2. The standard InChI is InChI=1S/C20H17Br2N5O2/c1-2-5-17-24-19-13(8-12(21)9-14(19)22)20(29)27(17)25-18(28)10-26-11-23-15-6-3-4-7-16(15)26/h3-4,6-9,11H,2,5,10H2,1H3,(H,25,28). The zero-order valence-corrected chi connectivity index (χ0v) is 18.7. The van der Waals surface area contributed by atoms with Crippen molar-refractivity contribution in [3.05, 3.63) is 67.8 Å². The van der Waals surface area contributed by atoms with Crippen LogP contribution in [-0.4, -0.2) is 25.1 Å². The predicted octanol–water partition coefficient (Wildman–Crippen LogP) is 3.99. The van der Waals surface area contributed by atoms with Crippen molar-refractivity contribution >= 4 is 59.7 Å². The van der Waals surface area contributed by atoms with Crippen LogP contribution >= 0.6 is 31.9 Å². The number of benzene rings is 2. The van der Waals surface area contributed by atoms with Crippen LogP contribution in [0, 0.1) is 0 Å². The van der Waals surface area contributed by atoms with Crippen molar-refractivity contribution in [2.45, 2.75) is 26.3 Å². The zero-order valence-electron chi connectivity index (χ0n) is 15.5. The van der Waals surface area contributed by atoms with Gasteiger partial charge in [0.2, 0.25) is 0 Å². The first-order valence-electron chi connectivity index (χ1n) is 9.08. The number of imidazole rings is 1. The largest absolute Gasteiger partial charge is 0.321 e. The number of aryl methyl sites for hydroxylation is 1. The van der Waals surface area contributed by atoms with Crippen LogP contribution in [0.5, 0.6) is 0 Å². The molecule has 0 aliphatic carbocycles. The number of halogens is 2. The third kappa shape index (κ3) is 3.84. The lowest BCUT2D eigenvalue weighted by Crippen LogP contribution is -2.37. The minimum absolute atomic E-state index is 0.0404. The van der Waals surface area contributed by atoms with Crippen LogP contribution in [0.15, 0.2) is 56.5 Å². The van der Waals surface area contributed by atoms with Gasteiger partial charge >= 0.3 is 0 Å². The number of carbonyl (C=O) groups is 1. The molecule has 9 heteroatoms. The Bertz CT molecular complexity index is 1300. The first kappa shape index (κ1) is 19.8. The van der Waals surface area contributed by atoms with E-state index in [1.165, 1.54) is 4.68 Å². The highest BCUT2D eigenvalue weighted by Crippen LogP contribution is 2.25. The molecule has 2 aromatic heterocycles. The summed E-state index contributed by atoms with van der Waals surface area (Å²) >= 11 is 6.87. The van der Waals surface area contributed by atoms with Gasteiger partial charge in [-0.25, -0.2) is 14.6 Å². The molecular weight excluding hydrogens is 502 g/mol. The topological polar surface area (TPSA) is 81.8 Å². The fourth-order valence-electron chi connectivity index (χ4n) is 3.22. The van der Waals surface area contributed by atoms with Crippen molar-refractivity contribution in [3.8, 4) is 0 Å². The van der Waals surface area contributed by atoms with Crippen LogP contribution < -0.4 is 11.0 Å². The predicted molar refractivity (Wildman–Crippen MR) is 119 cm³/mol. The Morgan fingerprint density at radius 3 is 2.79 bits per heavy atom. The number of carbonyl (C=O) groups excluding carboxylic acids is 1. The molecule has 2 heterocycles. The molecule has 0 saturated heterocycles. The van der Waals surface area contributed by atoms with Gasteiger partial charge in [-0.3, -0.25) is 15.0 Å². The van der Waals surface area contributed by atoms with Gasteiger partial charge in [-0.2, -0.15) is 0 Å². The van der Waals surface area contributed by atoms with E-state index >= 15 is 0 Å². The average molecular weight is 519 g/mol. The van der Waals surface area contributed by atoms with E-state index in [1.807, 2.05) is 37.3 Å². The molecule has 1 N–H and O–H groups in total. The molecule has 1 amide bonds. The maximum Gasteiger partial charge on any atom is 0.280 e. The molecule has 7 nitrogen and oxygen atoms in total. The highest BCUT2D eigenvalue weighted by Gasteiger charge is 2.16. The van der Waals surface area contributed by atoms with Crippen LogP contribution in [0.2, 0.25) is 0 Å². The van der Waals surface area contributed by atoms with E-state index in [0.717, 1.165) is 26.4 Å². The van der Waals surface area contributed by atoms with E-state index in [-0.39, 0.29) is 18.0 Å². The van der Waals surface area contributed by atoms with Gasteiger partial charge in [-0.1, -0.05) is 35.0 Å². The molecule has 0 atom stereocenters. The Balaban J connectivity index is 1.72. The van der Waals surface area contributed by atoms with E-state index in [4.69, 9.17) is 0 Å². The van der Waals surface area contributed by atoms with Crippen molar-refractivity contribution in [1.82, 2.24) is 19.2 Å². The first-order valence-corrected chi connectivity index (χ1v) is 10.7. The van der Waals surface area contributed by atoms with Gasteiger partial charge in [0.05, 0.1) is 28.3 Å². The molecule has 0 unspecified atom stereocenters. The SMILES string of the molecule is CCCc1nc2c(Br)cc(Br)cc2c(=O)n1NC(=O)Cn1cnc2ccccc21. The number of hydrogen-bond donors (Lipinski definition) is 1. The molecule has 0 aliphatic heterocycles. The number of nitrogens with one attached hydrogen (secondary N) is 1. The van der Waals surface area contributed by atoms with E-state index < -0.39 is 0 Å². The minimum Gasteiger partial charge on any atom is -0.321 e. The fraction of sp³-hybridized carbons (Fsp3) is 0.200. The lowest BCUT2D eigenvalue weighted by molar-refractivity contribution is -0.117. The van der Waals surface area contributed by atoms with Gasteiger partial charge in [-0.05, 0) is 46.6 Å². The molecular formula is C20H17Br2N5O2. The molecule has 2 aromatic carbocycles. The minimum atomic E-state index is -0.331. The number of nitrogens with zero attached hydrogens (tertiary/aromatic N) is 4. The Kier molecular flexibility index (Phi) is 5.51. The van der Waals surface area contributed by atoms with Crippen molar-refractivity contribution < 1.29 is 4.79 Å². The summed E-state index contributed by atoms with van der Waals surface area (Å²) in [6.45, 7) is 2.04. The summed E-state index contributed by atoms with van der Waals surface area (Å²) in [5.74, 6) is 0.180. The normalized spacial score (nSPS) is 11.3. The molecule has 0 spiro atoms. The first-order chi connectivity index (χ1) is 14.0. The molecule has 0 saturated carbocycles. The molecule has 0 radical (unpaired) electrons. The van der Waals surface area contributed by atoms with Gasteiger partial charge in [0.15, 0.2) is 0 Å². The average Bonchev–Trinajstić information content (AvgIpc) is 3.09. The maximum absolute atomic E-state index is 13.1. The maximum atomic E-state index is 13.1. The summed E-state index contributed by atoms with van der Waals surface area (Å²) < 4.78 is 4.48. The van der Waals surface area contributed by atoms with Crippen LogP contribution in [0.3, 0.4) is 0 Å². The van der Waals surface area contributed by atoms with Gasteiger partial charge in [-0.15, -0.1) is 0 Å². The number of hydrogen-bond acceptors (Lipinski definition) is 4. The summed E-state index contributed by atoms with van der Waals surface area (Å²) in [6.07, 6.45) is 2.96. The fourth-order valence-corrected chi connectivity index (χ4v) is 4.53. The van der Waals surface area contributed by atoms with Crippen LogP contribution in [0.25, 0.3) is 21.9 Å². The third-order valence-electron chi connectivity index (χ3n) is 4.51.